The molecule has 2 fully saturated rings. The summed E-state index contributed by atoms with van der Waals surface area (Å²) in [4.78, 5) is 25.5. The van der Waals surface area contributed by atoms with Gasteiger partial charge in [0.15, 0.2) is 0 Å². The number of hydrogen-bond donors (Lipinski definition) is 1. The van der Waals surface area contributed by atoms with Gasteiger partial charge in [0.05, 0.1) is 0 Å². The summed E-state index contributed by atoms with van der Waals surface area (Å²) in [6, 6.07) is 0.463. The molecule has 1 aliphatic heterocycles. The average molecular weight is 252 g/mol. The molecule has 18 heavy (non-hydrogen) atoms. The van der Waals surface area contributed by atoms with Gasteiger partial charge in [-0.25, -0.2) is 0 Å². The van der Waals surface area contributed by atoms with Crippen molar-refractivity contribution >= 4 is 11.7 Å². The van der Waals surface area contributed by atoms with Crippen LogP contribution in [-0.4, -0.2) is 42.8 Å². The largest absolute Gasteiger partial charge is 0.359 e. The van der Waals surface area contributed by atoms with Crippen LogP contribution in [0.1, 0.15) is 44.9 Å². The lowest BCUT2D eigenvalue weighted by Crippen LogP contribution is -2.38. The summed E-state index contributed by atoms with van der Waals surface area (Å²) >= 11 is 0. The molecule has 2 unspecified atom stereocenters. The zero-order chi connectivity index (χ0) is 13.0. The number of rotatable bonds is 5. The SMILES string of the molecule is CNC(=O)CCCN1CCCC1C1CCCC1=O. The van der Waals surface area contributed by atoms with Crippen molar-refractivity contribution in [2.75, 3.05) is 20.1 Å². The van der Waals surface area contributed by atoms with Crippen molar-refractivity contribution in [3.05, 3.63) is 0 Å². The first kappa shape index (κ1) is 13.5. The average Bonchev–Trinajstić information content (AvgIpc) is 2.97. The van der Waals surface area contributed by atoms with Crippen LogP contribution in [0.4, 0.5) is 0 Å². The van der Waals surface area contributed by atoms with E-state index in [0.717, 1.165) is 45.2 Å². The van der Waals surface area contributed by atoms with E-state index in [2.05, 4.69) is 10.2 Å². The molecule has 1 N–H and O–H groups in total. The van der Waals surface area contributed by atoms with E-state index in [-0.39, 0.29) is 11.8 Å². The monoisotopic (exact) mass is 252 g/mol. The number of hydrogen-bond acceptors (Lipinski definition) is 3. The molecule has 0 aromatic heterocycles. The zero-order valence-corrected chi connectivity index (χ0v) is 11.3. The number of nitrogens with zero attached hydrogens (tertiary/aromatic N) is 1. The third-order valence-electron chi connectivity index (χ3n) is 4.36. The Labute approximate surface area is 109 Å². The highest BCUT2D eigenvalue weighted by Gasteiger charge is 2.37. The summed E-state index contributed by atoms with van der Waals surface area (Å²) < 4.78 is 0. The molecule has 0 spiro atoms. The lowest BCUT2D eigenvalue weighted by molar-refractivity contribution is -0.123. The van der Waals surface area contributed by atoms with Gasteiger partial charge >= 0.3 is 0 Å². The van der Waals surface area contributed by atoms with Gasteiger partial charge in [-0.3, -0.25) is 14.5 Å². The fourth-order valence-corrected chi connectivity index (χ4v) is 3.40. The molecule has 0 bridgehead atoms. The minimum atomic E-state index is 0.114. The number of ketones is 1. The van der Waals surface area contributed by atoms with E-state index >= 15 is 0 Å². The highest BCUT2D eigenvalue weighted by atomic mass is 16.1. The van der Waals surface area contributed by atoms with Crippen molar-refractivity contribution in [1.29, 1.82) is 0 Å². The molecule has 2 atom stereocenters. The van der Waals surface area contributed by atoms with Crippen LogP contribution in [-0.2, 0) is 9.59 Å². The summed E-state index contributed by atoms with van der Waals surface area (Å²) in [5.41, 5.74) is 0. The third kappa shape index (κ3) is 3.10. The van der Waals surface area contributed by atoms with Gasteiger partial charge in [0.25, 0.3) is 0 Å². The molecule has 102 valence electrons. The predicted octanol–water partition coefficient (Wildman–Crippen LogP) is 1.35. The van der Waals surface area contributed by atoms with E-state index in [0.29, 0.717) is 18.2 Å². The van der Waals surface area contributed by atoms with Gasteiger partial charge < -0.3 is 5.32 Å². The molecule has 4 heteroatoms. The molecule has 0 aromatic carbocycles. The van der Waals surface area contributed by atoms with Crippen molar-refractivity contribution in [1.82, 2.24) is 10.2 Å². The first-order valence-electron chi connectivity index (χ1n) is 7.19. The molecule has 0 radical (unpaired) electrons. The second-order valence-electron chi connectivity index (χ2n) is 5.49. The number of carbonyl (C=O) groups is 2. The number of nitrogens with one attached hydrogen (secondary N) is 1. The van der Waals surface area contributed by atoms with Crippen molar-refractivity contribution in [2.45, 2.75) is 51.0 Å². The fourth-order valence-electron chi connectivity index (χ4n) is 3.40. The second kappa shape index (κ2) is 6.32. The quantitative estimate of drug-likeness (QED) is 0.803. The molecule has 2 rings (SSSR count). The predicted molar refractivity (Wildman–Crippen MR) is 70.2 cm³/mol. The van der Waals surface area contributed by atoms with E-state index in [9.17, 15) is 9.59 Å². The Morgan fingerprint density at radius 3 is 2.89 bits per heavy atom. The lowest BCUT2D eigenvalue weighted by atomic mass is 9.95. The Hall–Kier alpha value is -0.900. The van der Waals surface area contributed by atoms with Crippen LogP contribution in [0.25, 0.3) is 0 Å². The van der Waals surface area contributed by atoms with Crippen LogP contribution in [0.3, 0.4) is 0 Å². The first-order chi connectivity index (χ1) is 8.72. The molecule has 0 aromatic rings. The Morgan fingerprint density at radius 1 is 1.39 bits per heavy atom. The van der Waals surface area contributed by atoms with Crippen LogP contribution >= 0.6 is 0 Å². The van der Waals surface area contributed by atoms with Gasteiger partial charge in [0.2, 0.25) is 5.91 Å². The molecule has 4 nitrogen and oxygen atoms in total. The molecule has 2 aliphatic rings. The van der Waals surface area contributed by atoms with Crippen LogP contribution in [0, 0.1) is 5.92 Å². The summed E-state index contributed by atoms with van der Waals surface area (Å²) in [5.74, 6) is 0.869. The molecule has 1 amide bonds. The molecule has 1 heterocycles. The van der Waals surface area contributed by atoms with Crippen molar-refractivity contribution in [3.8, 4) is 0 Å². The maximum Gasteiger partial charge on any atom is 0.219 e. The number of likely N-dealkylation sites (tertiary alicyclic amines) is 1. The van der Waals surface area contributed by atoms with Gasteiger partial charge in [-0.1, -0.05) is 0 Å². The highest BCUT2D eigenvalue weighted by Crippen LogP contribution is 2.33. The maximum absolute atomic E-state index is 11.8. The summed E-state index contributed by atoms with van der Waals surface area (Å²) in [6.07, 6.45) is 6.80. The Bertz CT molecular complexity index is 317. The third-order valence-corrected chi connectivity index (χ3v) is 4.36. The highest BCUT2D eigenvalue weighted by molar-refractivity contribution is 5.83. The number of Topliss-reactive ketones (excluding diaryl/α,β-unsaturated/α-hetero) is 1. The lowest BCUT2D eigenvalue weighted by Gasteiger charge is -2.28. The standard InChI is InChI=1S/C14H24N2O2/c1-15-14(18)8-4-10-16-9-3-6-12(16)11-5-2-7-13(11)17/h11-12H,2-10H2,1H3,(H,15,18). The summed E-state index contributed by atoms with van der Waals surface area (Å²) in [7, 11) is 1.68. The minimum absolute atomic E-state index is 0.114. The Kier molecular flexibility index (Phi) is 4.75. The number of carbonyl (C=O) groups excluding carboxylic acids is 2. The summed E-state index contributed by atoms with van der Waals surface area (Å²) in [6.45, 7) is 2.06. The number of amides is 1. The van der Waals surface area contributed by atoms with Crippen molar-refractivity contribution in [3.63, 3.8) is 0 Å². The van der Waals surface area contributed by atoms with Gasteiger partial charge in [-0.15, -0.1) is 0 Å². The Morgan fingerprint density at radius 2 is 2.22 bits per heavy atom. The van der Waals surface area contributed by atoms with Crippen LogP contribution in [0.5, 0.6) is 0 Å². The van der Waals surface area contributed by atoms with Crippen LogP contribution in [0.15, 0.2) is 0 Å². The first-order valence-corrected chi connectivity index (χ1v) is 7.19. The zero-order valence-electron chi connectivity index (χ0n) is 11.3. The van der Waals surface area contributed by atoms with E-state index in [4.69, 9.17) is 0 Å². The van der Waals surface area contributed by atoms with Crippen LogP contribution < -0.4 is 5.32 Å². The maximum atomic E-state index is 11.8. The molecular weight excluding hydrogens is 228 g/mol. The van der Waals surface area contributed by atoms with Gasteiger partial charge in [0.1, 0.15) is 5.78 Å². The van der Waals surface area contributed by atoms with Gasteiger partial charge in [-0.05, 0) is 45.2 Å². The van der Waals surface area contributed by atoms with Crippen molar-refractivity contribution < 1.29 is 9.59 Å². The Balaban J connectivity index is 1.80. The minimum Gasteiger partial charge on any atom is -0.359 e. The normalized spacial score (nSPS) is 28.8. The van der Waals surface area contributed by atoms with Crippen molar-refractivity contribution in [2.24, 2.45) is 5.92 Å². The van der Waals surface area contributed by atoms with E-state index in [1.54, 1.807) is 7.05 Å². The van der Waals surface area contributed by atoms with E-state index in [1.165, 1.54) is 6.42 Å². The summed E-state index contributed by atoms with van der Waals surface area (Å²) in [5, 5.41) is 2.65. The molecule has 1 saturated heterocycles. The van der Waals surface area contributed by atoms with Crippen LogP contribution in [0.2, 0.25) is 0 Å². The molecular formula is C14H24N2O2. The molecule has 1 aliphatic carbocycles. The fraction of sp³-hybridized carbons (Fsp3) is 0.857. The van der Waals surface area contributed by atoms with Gasteiger partial charge in [-0.2, -0.15) is 0 Å². The van der Waals surface area contributed by atoms with E-state index < -0.39 is 0 Å². The van der Waals surface area contributed by atoms with Gasteiger partial charge in [0, 0.05) is 31.8 Å². The topological polar surface area (TPSA) is 49.4 Å². The second-order valence-corrected chi connectivity index (χ2v) is 5.49. The van der Waals surface area contributed by atoms with E-state index in [1.807, 2.05) is 0 Å². The smallest absolute Gasteiger partial charge is 0.219 e. The molecule has 1 saturated carbocycles.